The molecular formula is C15H15FN2O3. The van der Waals surface area contributed by atoms with Crippen molar-refractivity contribution in [1.82, 2.24) is 4.90 Å². The molecule has 110 valence electrons. The summed E-state index contributed by atoms with van der Waals surface area (Å²) in [4.78, 5) is 13.6. The van der Waals surface area contributed by atoms with E-state index in [9.17, 15) is 14.4 Å². The molecule has 0 aliphatic rings. The summed E-state index contributed by atoms with van der Waals surface area (Å²) in [7, 11) is 2.98. The maximum Gasteiger partial charge on any atom is 0.260 e. The van der Waals surface area contributed by atoms with E-state index in [1.807, 2.05) is 0 Å². The van der Waals surface area contributed by atoms with Gasteiger partial charge in [-0.2, -0.15) is 4.73 Å². The van der Waals surface area contributed by atoms with Crippen molar-refractivity contribution >= 4 is 5.91 Å². The lowest BCUT2D eigenvalue weighted by Crippen LogP contribution is -2.31. The van der Waals surface area contributed by atoms with Crippen LogP contribution >= 0.6 is 0 Å². The first-order chi connectivity index (χ1) is 10.0. The molecule has 0 bridgehead atoms. The molecule has 0 spiro atoms. The van der Waals surface area contributed by atoms with Gasteiger partial charge in [-0.1, -0.05) is 6.07 Å². The Morgan fingerprint density at radius 3 is 2.81 bits per heavy atom. The van der Waals surface area contributed by atoms with Crippen molar-refractivity contribution in [2.45, 2.75) is 6.54 Å². The number of benzene rings is 1. The van der Waals surface area contributed by atoms with E-state index in [-0.39, 0.29) is 23.8 Å². The van der Waals surface area contributed by atoms with Gasteiger partial charge in [-0.25, -0.2) is 4.39 Å². The number of methoxy groups -OCH3 is 1. The van der Waals surface area contributed by atoms with Gasteiger partial charge in [0, 0.05) is 19.7 Å². The minimum atomic E-state index is -0.479. The average molecular weight is 290 g/mol. The molecule has 0 atom stereocenters. The number of nitrogens with zero attached hydrogens (tertiary/aromatic N) is 2. The molecule has 1 amide bonds. The Bertz CT molecular complexity index is 661. The summed E-state index contributed by atoms with van der Waals surface area (Å²) in [6, 6.07) is 7.58. The predicted octanol–water partition coefficient (Wildman–Crippen LogP) is 1.74. The van der Waals surface area contributed by atoms with Crippen LogP contribution < -0.4 is 9.47 Å². The second kappa shape index (κ2) is 6.21. The molecule has 0 aliphatic heterocycles. The van der Waals surface area contributed by atoms with E-state index < -0.39 is 5.82 Å². The highest BCUT2D eigenvalue weighted by atomic mass is 19.1. The van der Waals surface area contributed by atoms with E-state index in [4.69, 9.17) is 4.74 Å². The van der Waals surface area contributed by atoms with E-state index in [2.05, 4.69) is 0 Å². The molecule has 1 heterocycles. The summed E-state index contributed by atoms with van der Waals surface area (Å²) in [5.74, 6) is -0.632. The normalized spacial score (nSPS) is 10.2. The van der Waals surface area contributed by atoms with Gasteiger partial charge in [0.25, 0.3) is 5.91 Å². The van der Waals surface area contributed by atoms with Gasteiger partial charge in [-0.15, -0.1) is 0 Å². The Hall–Kier alpha value is -2.63. The molecule has 2 rings (SSSR count). The first kappa shape index (κ1) is 14.8. The monoisotopic (exact) mass is 290 g/mol. The van der Waals surface area contributed by atoms with Crippen molar-refractivity contribution in [3.63, 3.8) is 0 Å². The topological polar surface area (TPSA) is 56.5 Å². The number of carbonyl (C=O) groups excluding carboxylic acids is 1. The SMILES string of the molecule is COc1ccc(CN(C)C(=O)c2ccc[n+]([O-])c2)cc1F. The Morgan fingerprint density at radius 2 is 2.19 bits per heavy atom. The summed E-state index contributed by atoms with van der Waals surface area (Å²) in [5, 5.41) is 11.2. The zero-order valence-electron chi connectivity index (χ0n) is 11.7. The van der Waals surface area contributed by atoms with Gasteiger partial charge in [0.05, 0.1) is 7.11 Å². The summed E-state index contributed by atoms with van der Waals surface area (Å²) in [5.41, 5.74) is 0.916. The molecule has 21 heavy (non-hydrogen) atoms. The van der Waals surface area contributed by atoms with Crippen molar-refractivity contribution in [3.05, 3.63) is 64.9 Å². The number of hydrogen-bond acceptors (Lipinski definition) is 3. The van der Waals surface area contributed by atoms with Gasteiger partial charge in [0.1, 0.15) is 5.56 Å². The molecular weight excluding hydrogens is 275 g/mol. The molecule has 0 saturated heterocycles. The van der Waals surface area contributed by atoms with Crippen molar-refractivity contribution in [2.24, 2.45) is 0 Å². The van der Waals surface area contributed by atoms with Crippen molar-refractivity contribution in [1.29, 1.82) is 0 Å². The summed E-state index contributed by atoms with van der Waals surface area (Å²) in [6.07, 6.45) is 2.50. The average Bonchev–Trinajstić information content (AvgIpc) is 2.46. The highest BCUT2D eigenvalue weighted by Crippen LogP contribution is 2.18. The van der Waals surface area contributed by atoms with Crippen LogP contribution in [0.1, 0.15) is 15.9 Å². The Labute approximate surface area is 121 Å². The van der Waals surface area contributed by atoms with E-state index in [1.54, 1.807) is 19.2 Å². The van der Waals surface area contributed by atoms with E-state index in [0.29, 0.717) is 10.3 Å². The standard InChI is InChI=1S/C15H15FN2O3/c1-17(15(19)12-4-3-7-18(20)10-12)9-11-5-6-14(21-2)13(16)8-11/h3-8,10H,9H2,1-2H3. The van der Waals surface area contributed by atoms with Crippen LogP contribution in [0, 0.1) is 11.0 Å². The van der Waals surface area contributed by atoms with Gasteiger partial charge >= 0.3 is 0 Å². The summed E-state index contributed by atoms with van der Waals surface area (Å²) in [6.45, 7) is 0.230. The van der Waals surface area contributed by atoms with Crippen molar-refractivity contribution in [3.8, 4) is 5.75 Å². The molecule has 6 heteroatoms. The zero-order valence-corrected chi connectivity index (χ0v) is 11.7. The maximum absolute atomic E-state index is 13.6. The van der Waals surface area contributed by atoms with E-state index in [0.717, 1.165) is 0 Å². The molecule has 0 radical (unpaired) electrons. The Kier molecular flexibility index (Phi) is 4.37. The fourth-order valence-electron chi connectivity index (χ4n) is 1.96. The molecule has 0 unspecified atom stereocenters. The van der Waals surface area contributed by atoms with Crippen molar-refractivity contribution in [2.75, 3.05) is 14.2 Å². The Balaban J connectivity index is 2.12. The molecule has 0 aliphatic carbocycles. The first-order valence-electron chi connectivity index (χ1n) is 6.28. The smallest absolute Gasteiger partial charge is 0.260 e. The van der Waals surface area contributed by atoms with Crippen LogP contribution in [0.4, 0.5) is 4.39 Å². The number of amides is 1. The minimum absolute atomic E-state index is 0.156. The molecule has 1 aromatic carbocycles. The fourth-order valence-corrected chi connectivity index (χ4v) is 1.96. The largest absolute Gasteiger partial charge is 0.619 e. The third-order valence-corrected chi connectivity index (χ3v) is 3.00. The minimum Gasteiger partial charge on any atom is -0.619 e. The van der Waals surface area contributed by atoms with Gasteiger partial charge in [-0.05, 0) is 23.8 Å². The third kappa shape index (κ3) is 3.47. The molecule has 0 fully saturated rings. The van der Waals surface area contributed by atoms with E-state index in [1.165, 1.54) is 42.6 Å². The summed E-state index contributed by atoms with van der Waals surface area (Å²) < 4.78 is 19.0. The number of aromatic nitrogens is 1. The lowest BCUT2D eigenvalue weighted by atomic mass is 10.2. The predicted molar refractivity (Wildman–Crippen MR) is 74.2 cm³/mol. The molecule has 1 aromatic heterocycles. The van der Waals surface area contributed by atoms with Gasteiger partial charge < -0.3 is 14.8 Å². The fraction of sp³-hybridized carbons (Fsp3) is 0.200. The lowest BCUT2D eigenvalue weighted by Gasteiger charge is -2.17. The highest BCUT2D eigenvalue weighted by molar-refractivity contribution is 5.93. The van der Waals surface area contributed by atoms with Gasteiger partial charge in [0.15, 0.2) is 24.0 Å². The van der Waals surface area contributed by atoms with Crippen LogP contribution in [0.2, 0.25) is 0 Å². The second-order valence-corrected chi connectivity index (χ2v) is 4.58. The quantitative estimate of drug-likeness (QED) is 0.636. The van der Waals surface area contributed by atoms with Crippen LogP contribution in [0.15, 0.2) is 42.7 Å². The number of rotatable bonds is 4. The maximum atomic E-state index is 13.6. The van der Waals surface area contributed by atoms with Crippen LogP contribution in [0.5, 0.6) is 5.75 Å². The number of pyridine rings is 1. The second-order valence-electron chi connectivity index (χ2n) is 4.58. The van der Waals surface area contributed by atoms with Crippen LogP contribution in [-0.4, -0.2) is 25.0 Å². The summed E-state index contributed by atoms with van der Waals surface area (Å²) >= 11 is 0. The van der Waals surface area contributed by atoms with Crippen LogP contribution in [-0.2, 0) is 6.54 Å². The third-order valence-electron chi connectivity index (χ3n) is 3.00. The van der Waals surface area contributed by atoms with Crippen LogP contribution in [0.3, 0.4) is 0 Å². The number of halogens is 1. The lowest BCUT2D eigenvalue weighted by molar-refractivity contribution is -0.605. The van der Waals surface area contributed by atoms with Gasteiger partial charge in [0.2, 0.25) is 0 Å². The van der Waals surface area contributed by atoms with Crippen LogP contribution in [0.25, 0.3) is 0 Å². The van der Waals surface area contributed by atoms with E-state index >= 15 is 0 Å². The number of ether oxygens (including phenoxy) is 1. The zero-order chi connectivity index (χ0) is 15.4. The Morgan fingerprint density at radius 1 is 1.43 bits per heavy atom. The molecule has 0 saturated carbocycles. The number of carbonyl (C=O) groups is 1. The van der Waals surface area contributed by atoms with Crippen molar-refractivity contribution < 1.29 is 18.7 Å². The molecule has 2 aromatic rings. The molecule has 5 nitrogen and oxygen atoms in total. The first-order valence-corrected chi connectivity index (χ1v) is 6.28. The number of hydrogen-bond donors (Lipinski definition) is 0. The highest BCUT2D eigenvalue weighted by Gasteiger charge is 2.15. The van der Waals surface area contributed by atoms with Gasteiger partial charge in [-0.3, -0.25) is 4.79 Å². The molecule has 0 N–H and O–H groups in total.